The maximum absolute atomic E-state index is 12.2. The van der Waals surface area contributed by atoms with E-state index < -0.39 is 6.10 Å². The van der Waals surface area contributed by atoms with Crippen LogP contribution in [0.15, 0.2) is 46.9 Å². The fraction of sp³-hybridized carbons (Fsp3) is 0.235. The number of rotatable bonds is 4. The van der Waals surface area contributed by atoms with Crippen LogP contribution in [0.5, 0.6) is 5.75 Å². The first kappa shape index (κ1) is 15.6. The molecule has 0 saturated heterocycles. The first-order valence-corrected chi connectivity index (χ1v) is 7.55. The molecule has 4 heteroatoms. The number of hydrogen-bond donors (Lipinski definition) is 1. The van der Waals surface area contributed by atoms with E-state index in [1.807, 2.05) is 56.3 Å². The minimum absolute atomic E-state index is 0.162. The Hall–Kier alpha value is -1.81. The zero-order chi connectivity index (χ0) is 15.4. The zero-order valence-electron chi connectivity index (χ0n) is 12.3. The van der Waals surface area contributed by atoms with Gasteiger partial charge in [-0.05, 0) is 56.7 Å². The molecule has 0 aliphatic heterocycles. The van der Waals surface area contributed by atoms with E-state index in [0.717, 1.165) is 15.7 Å². The SMILES string of the molecule is Cc1ccc(NC(=O)[C@H](C)Oc2ccc(Br)cc2)c(C)c1. The quantitative estimate of drug-likeness (QED) is 0.885. The summed E-state index contributed by atoms with van der Waals surface area (Å²) < 4.78 is 6.61. The molecule has 0 aliphatic carbocycles. The van der Waals surface area contributed by atoms with Gasteiger partial charge in [-0.1, -0.05) is 33.6 Å². The molecule has 0 spiro atoms. The van der Waals surface area contributed by atoms with Crippen LogP contribution in [0.2, 0.25) is 0 Å². The van der Waals surface area contributed by atoms with Gasteiger partial charge in [-0.15, -0.1) is 0 Å². The number of aryl methyl sites for hydroxylation is 2. The van der Waals surface area contributed by atoms with Crippen molar-refractivity contribution in [2.75, 3.05) is 5.32 Å². The molecule has 2 rings (SSSR count). The number of anilines is 1. The number of ether oxygens (including phenoxy) is 1. The molecule has 0 radical (unpaired) electrons. The van der Waals surface area contributed by atoms with Crippen LogP contribution >= 0.6 is 15.9 Å². The highest BCUT2D eigenvalue weighted by Gasteiger charge is 2.15. The maximum Gasteiger partial charge on any atom is 0.265 e. The van der Waals surface area contributed by atoms with Crippen LogP contribution in [0.1, 0.15) is 18.1 Å². The number of carbonyl (C=O) groups is 1. The molecule has 1 amide bonds. The van der Waals surface area contributed by atoms with Gasteiger partial charge >= 0.3 is 0 Å². The van der Waals surface area contributed by atoms with Gasteiger partial charge in [0.25, 0.3) is 5.91 Å². The van der Waals surface area contributed by atoms with E-state index in [1.165, 1.54) is 5.56 Å². The second-order valence-electron chi connectivity index (χ2n) is 5.02. The summed E-state index contributed by atoms with van der Waals surface area (Å²) in [5.41, 5.74) is 3.03. The van der Waals surface area contributed by atoms with Crippen molar-refractivity contribution in [3.05, 3.63) is 58.1 Å². The molecule has 2 aromatic rings. The first-order valence-electron chi connectivity index (χ1n) is 6.76. The van der Waals surface area contributed by atoms with Crippen molar-refractivity contribution >= 4 is 27.5 Å². The van der Waals surface area contributed by atoms with Gasteiger partial charge in [0, 0.05) is 10.2 Å². The molecule has 3 nitrogen and oxygen atoms in total. The lowest BCUT2D eigenvalue weighted by atomic mass is 10.1. The summed E-state index contributed by atoms with van der Waals surface area (Å²) in [6, 6.07) is 13.3. The lowest BCUT2D eigenvalue weighted by molar-refractivity contribution is -0.122. The Kier molecular flexibility index (Phi) is 5.02. The number of carbonyl (C=O) groups excluding carboxylic acids is 1. The molecule has 0 saturated carbocycles. The van der Waals surface area contributed by atoms with E-state index in [-0.39, 0.29) is 5.91 Å². The Morgan fingerprint density at radius 2 is 1.81 bits per heavy atom. The Bertz CT molecular complexity index is 638. The molecule has 1 N–H and O–H groups in total. The second kappa shape index (κ2) is 6.76. The van der Waals surface area contributed by atoms with Crippen LogP contribution in [0.4, 0.5) is 5.69 Å². The van der Waals surface area contributed by atoms with E-state index >= 15 is 0 Å². The highest BCUT2D eigenvalue weighted by Crippen LogP contribution is 2.19. The van der Waals surface area contributed by atoms with E-state index in [0.29, 0.717) is 5.75 Å². The normalized spacial score (nSPS) is 11.8. The van der Waals surface area contributed by atoms with Crippen LogP contribution in [0.25, 0.3) is 0 Å². The highest BCUT2D eigenvalue weighted by molar-refractivity contribution is 9.10. The standard InChI is InChI=1S/C17H18BrNO2/c1-11-4-9-16(12(2)10-11)19-17(20)13(3)21-15-7-5-14(18)6-8-15/h4-10,13H,1-3H3,(H,19,20)/t13-/m0/s1. The van der Waals surface area contributed by atoms with E-state index in [2.05, 4.69) is 21.2 Å². The number of halogens is 1. The minimum atomic E-state index is -0.563. The van der Waals surface area contributed by atoms with Crippen molar-refractivity contribution in [1.82, 2.24) is 0 Å². The summed E-state index contributed by atoms with van der Waals surface area (Å²) in [7, 11) is 0. The van der Waals surface area contributed by atoms with Crippen molar-refractivity contribution in [3.63, 3.8) is 0 Å². The fourth-order valence-electron chi connectivity index (χ4n) is 1.96. The van der Waals surface area contributed by atoms with Gasteiger partial charge in [-0.3, -0.25) is 4.79 Å². The second-order valence-corrected chi connectivity index (χ2v) is 5.94. The predicted molar refractivity (Wildman–Crippen MR) is 88.8 cm³/mol. The molecule has 0 unspecified atom stereocenters. The van der Waals surface area contributed by atoms with Crippen molar-refractivity contribution in [2.24, 2.45) is 0 Å². The molecule has 21 heavy (non-hydrogen) atoms. The van der Waals surface area contributed by atoms with E-state index in [9.17, 15) is 4.79 Å². The third kappa shape index (κ3) is 4.33. The summed E-state index contributed by atoms with van der Waals surface area (Å²) in [5.74, 6) is 0.506. The smallest absolute Gasteiger partial charge is 0.265 e. The van der Waals surface area contributed by atoms with Crippen LogP contribution < -0.4 is 10.1 Å². The van der Waals surface area contributed by atoms with Crippen molar-refractivity contribution in [1.29, 1.82) is 0 Å². The van der Waals surface area contributed by atoms with Crippen LogP contribution in [0, 0.1) is 13.8 Å². The molecule has 1 atom stereocenters. The minimum Gasteiger partial charge on any atom is -0.481 e. The third-order valence-corrected chi connectivity index (χ3v) is 3.66. The zero-order valence-corrected chi connectivity index (χ0v) is 13.9. The number of nitrogens with one attached hydrogen (secondary N) is 1. The molecule has 0 heterocycles. The predicted octanol–water partition coefficient (Wildman–Crippen LogP) is 4.47. The molecule has 110 valence electrons. The summed E-state index contributed by atoms with van der Waals surface area (Å²) in [6.07, 6.45) is -0.563. The Morgan fingerprint density at radius 3 is 2.43 bits per heavy atom. The summed E-state index contributed by atoms with van der Waals surface area (Å²) in [4.78, 5) is 12.2. The average Bonchev–Trinajstić information content (AvgIpc) is 2.44. The van der Waals surface area contributed by atoms with Crippen LogP contribution in [-0.4, -0.2) is 12.0 Å². The fourth-order valence-corrected chi connectivity index (χ4v) is 2.22. The summed E-state index contributed by atoms with van der Waals surface area (Å²) in [6.45, 7) is 5.74. The highest BCUT2D eigenvalue weighted by atomic mass is 79.9. The van der Waals surface area contributed by atoms with Gasteiger partial charge in [0.05, 0.1) is 0 Å². The summed E-state index contributed by atoms with van der Waals surface area (Å²) in [5, 5.41) is 2.90. The van der Waals surface area contributed by atoms with Gasteiger partial charge in [0.2, 0.25) is 0 Å². The van der Waals surface area contributed by atoms with Crippen LogP contribution in [0.3, 0.4) is 0 Å². The van der Waals surface area contributed by atoms with Crippen LogP contribution in [-0.2, 0) is 4.79 Å². The van der Waals surface area contributed by atoms with Gasteiger partial charge in [-0.25, -0.2) is 0 Å². The third-order valence-electron chi connectivity index (χ3n) is 3.14. The Morgan fingerprint density at radius 1 is 1.14 bits per heavy atom. The molecular weight excluding hydrogens is 330 g/mol. The first-order chi connectivity index (χ1) is 9.95. The van der Waals surface area contributed by atoms with Gasteiger partial charge in [0.15, 0.2) is 6.10 Å². The molecule has 2 aromatic carbocycles. The average molecular weight is 348 g/mol. The van der Waals surface area contributed by atoms with Gasteiger partial charge in [-0.2, -0.15) is 0 Å². The lowest BCUT2D eigenvalue weighted by Gasteiger charge is -2.16. The Labute approximate surface area is 133 Å². The Balaban J connectivity index is 2.00. The topological polar surface area (TPSA) is 38.3 Å². The van der Waals surface area contributed by atoms with E-state index in [4.69, 9.17) is 4.74 Å². The van der Waals surface area contributed by atoms with Gasteiger partial charge in [0.1, 0.15) is 5.75 Å². The summed E-state index contributed by atoms with van der Waals surface area (Å²) >= 11 is 3.36. The molecule has 0 bridgehead atoms. The lowest BCUT2D eigenvalue weighted by Crippen LogP contribution is -2.30. The number of hydrogen-bond acceptors (Lipinski definition) is 2. The largest absolute Gasteiger partial charge is 0.481 e. The molecule has 0 fully saturated rings. The number of amides is 1. The maximum atomic E-state index is 12.2. The molecule has 0 aliphatic rings. The van der Waals surface area contributed by atoms with Gasteiger partial charge < -0.3 is 10.1 Å². The van der Waals surface area contributed by atoms with E-state index in [1.54, 1.807) is 6.92 Å². The monoisotopic (exact) mass is 347 g/mol. The molecule has 0 aromatic heterocycles. The number of benzene rings is 2. The van der Waals surface area contributed by atoms with Crippen molar-refractivity contribution in [3.8, 4) is 5.75 Å². The van der Waals surface area contributed by atoms with Crippen molar-refractivity contribution in [2.45, 2.75) is 26.9 Å². The van der Waals surface area contributed by atoms with Crippen molar-refractivity contribution < 1.29 is 9.53 Å². The molecular formula is C17H18BrNO2.